The molecule has 0 amide bonds. The molecule has 3 rings (SSSR count). The molecule has 0 saturated heterocycles. The molecule has 0 spiro atoms. The maximum Gasteiger partial charge on any atom is 0.225 e. The van der Waals surface area contributed by atoms with Crippen molar-refractivity contribution in [2.75, 3.05) is 54.6 Å². The van der Waals surface area contributed by atoms with Crippen LogP contribution in [0.4, 0.5) is 23.5 Å². The summed E-state index contributed by atoms with van der Waals surface area (Å²) in [7, 11) is 1.75. The topological polar surface area (TPSA) is 140 Å². The number of hydrogen-bond acceptors (Lipinski definition) is 10. The molecule has 0 atom stereocenters. The van der Waals surface area contributed by atoms with Crippen molar-refractivity contribution in [1.82, 2.24) is 19.9 Å². The molecule has 0 aliphatic carbocycles. The van der Waals surface area contributed by atoms with Crippen LogP contribution in [0.15, 0.2) is 30.3 Å². The highest BCUT2D eigenvalue weighted by molar-refractivity contribution is 5.94. The third kappa shape index (κ3) is 4.72. The number of hydrogen-bond donors (Lipinski definition) is 6. The molecule has 0 fully saturated rings. The fourth-order valence-corrected chi connectivity index (χ4v) is 2.59. The van der Waals surface area contributed by atoms with Crippen LogP contribution in [0.5, 0.6) is 0 Å². The van der Waals surface area contributed by atoms with Crippen LogP contribution in [-0.2, 0) is 6.54 Å². The molecule has 0 bridgehead atoms. The van der Waals surface area contributed by atoms with Gasteiger partial charge in [0.15, 0.2) is 11.6 Å². The Kier molecular flexibility index (Phi) is 6.71. The first kappa shape index (κ1) is 19.5. The lowest BCUT2D eigenvalue weighted by molar-refractivity contribution is 0.310. The van der Waals surface area contributed by atoms with E-state index in [-0.39, 0.29) is 13.2 Å². The van der Waals surface area contributed by atoms with Gasteiger partial charge in [0.1, 0.15) is 11.0 Å². The van der Waals surface area contributed by atoms with Crippen molar-refractivity contribution >= 4 is 34.6 Å². The Labute approximate surface area is 162 Å². The Balaban J connectivity index is 2.02. The van der Waals surface area contributed by atoms with Crippen molar-refractivity contribution in [3.05, 3.63) is 35.9 Å². The molecule has 3 aromatic rings. The van der Waals surface area contributed by atoms with E-state index in [1.807, 2.05) is 30.3 Å². The first-order chi connectivity index (χ1) is 13.7. The molecule has 0 unspecified atom stereocenters. The zero-order chi connectivity index (χ0) is 19.8. The van der Waals surface area contributed by atoms with E-state index in [0.717, 1.165) is 5.56 Å². The van der Waals surface area contributed by atoms with Crippen LogP contribution in [-0.4, -0.2) is 63.5 Å². The molecule has 2 heterocycles. The summed E-state index contributed by atoms with van der Waals surface area (Å²) in [5.41, 5.74) is 2.19. The summed E-state index contributed by atoms with van der Waals surface area (Å²) in [6.45, 7) is 1.15. The van der Waals surface area contributed by atoms with Gasteiger partial charge in [0, 0.05) is 26.7 Å². The molecular weight excluding hydrogens is 360 g/mol. The molecule has 1 aromatic carbocycles. The highest BCUT2D eigenvalue weighted by Crippen LogP contribution is 2.27. The summed E-state index contributed by atoms with van der Waals surface area (Å²) in [5, 5.41) is 30.4. The third-order valence-corrected chi connectivity index (χ3v) is 3.87. The third-order valence-electron chi connectivity index (χ3n) is 3.87. The van der Waals surface area contributed by atoms with Crippen molar-refractivity contribution in [3.8, 4) is 0 Å². The number of rotatable bonds is 10. The zero-order valence-corrected chi connectivity index (χ0v) is 15.6. The summed E-state index contributed by atoms with van der Waals surface area (Å²) >= 11 is 0. The molecule has 2 aromatic heterocycles. The van der Waals surface area contributed by atoms with Crippen molar-refractivity contribution < 1.29 is 10.2 Å². The van der Waals surface area contributed by atoms with Crippen LogP contribution in [0.25, 0.3) is 11.0 Å². The number of anilines is 4. The predicted molar refractivity (Wildman–Crippen MR) is 110 cm³/mol. The van der Waals surface area contributed by atoms with Crippen molar-refractivity contribution in [2.24, 2.45) is 0 Å². The highest BCUT2D eigenvalue weighted by Gasteiger charge is 2.15. The summed E-state index contributed by atoms with van der Waals surface area (Å²) in [6.07, 6.45) is 0. The largest absolute Gasteiger partial charge is 0.395 e. The van der Waals surface area contributed by atoms with Gasteiger partial charge in [-0.05, 0) is 5.56 Å². The van der Waals surface area contributed by atoms with E-state index in [0.29, 0.717) is 54.2 Å². The number of aromatic nitrogens is 4. The first-order valence-electron chi connectivity index (χ1n) is 9.00. The van der Waals surface area contributed by atoms with E-state index < -0.39 is 0 Å². The fraction of sp³-hybridized carbons (Fsp3) is 0.333. The van der Waals surface area contributed by atoms with Gasteiger partial charge in [-0.15, -0.1) is 0 Å². The molecule has 148 valence electrons. The zero-order valence-electron chi connectivity index (χ0n) is 15.6. The van der Waals surface area contributed by atoms with Crippen LogP contribution in [0.2, 0.25) is 0 Å². The van der Waals surface area contributed by atoms with Gasteiger partial charge in [-0.25, -0.2) is 9.97 Å². The van der Waals surface area contributed by atoms with Crippen molar-refractivity contribution in [3.63, 3.8) is 0 Å². The molecule has 0 saturated carbocycles. The molecule has 0 aliphatic heterocycles. The van der Waals surface area contributed by atoms with Crippen molar-refractivity contribution in [1.29, 1.82) is 0 Å². The average molecular weight is 384 g/mol. The number of aliphatic hydroxyl groups is 2. The minimum atomic E-state index is -0.0341. The van der Waals surface area contributed by atoms with Gasteiger partial charge < -0.3 is 31.5 Å². The van der Waals surface area contributed by atoms with Crippen LogP contribution < -0.4 is 21.3 Å². The number of nitrogens with one attached hydrogen (secondary N) is 4. The normalized spacial score (nSPS) is 10.7. The molecule has 28 heavy (non-hydrogen) atoms. The SMILES string of the molecule is CNc1nc(NCCO)nc2c(NCc3ccccc3)nc(NCCO)nc12. The first-order valence-corrected chi connectivity index (χ1v) is 9.00. The molecule has 6 N–H and O–H groups in total. The van der Waals surface area contributed by atoms with Crippen LogP contribution in [0, 0.1) is 0 Å². The summed E-state index contributed by atoms with van der Waals surface area (Å²) in [4.78, 5) is 17.9. The van der Waals surface area contributed by atoms with E-state index in [2.05, 4.69) is 41.2 Å². The summed E-state index contributed by atoms with van der Waals surface area (Å²) in [6, 6.07) is 9.95. The fourth-order valence-electron chi connectivity index (χ4n) is 2.59. The number of benzene rings is 1. The molecular formula is C18H24N8O2. The second-order valence-corrected chi connectivity index (χ2v) is 5.88. The van der Waals surface area contributed by atoms with Crippen LogP contribution in [0.1, 0.15) is 5.56 Å². The monoisotopic (exact) mass is 384 g/mol. The second-order valence-electron chi connectivity index (χ2n) is 5.88. The van der Waals surface area contributed by atoms with Gasteiger partial charge in [-0.1, -0.05) is 30.3 Å². The standard InChI is InChI=1S/C18H24N8O2/c1-19-15-13-14(24-17(25-15)20-7-9-27)16(26-18(23-13)21-8-10-28)22-11-12-5-3-2-4-6-12/h2-6,27-28H,7-11H2,1H3,(H2,19,20,24,25)(H2,21,22,23,26). The molecule has 0 aliphatic rings. The number of aliphatic hydroxyl groups excluding tert-OH is 2. The predicted octanol–water partition coefficient (Wildman–Crippen LogP) is 0.882. The van der Waals surface area contributed by atoms with E-state index in [4.69, 9.17) is 10.2 Å². The van der Waals surface area contributed by atoms with E-state index in [1.54, 1.807) is 7.05 Å². The van der Waals surface area contributed by atoms with E-state index in [9.17, 15) is 0 Å². The Morgan fingerprint density at radius 1 is 0.750 bits per heavy atom. The Morgan fingerprint density at radius 2 is 1.32 bits per heavy atom. The van der Waals surface area contributed by atoms with Gasteiger partial charge in [-0.3, -0.25) is 0 Å². The molecule has 0 radical (unpaired) electrons. The highest BCUT2D eigenvalue weighted by atomic mass is 16.3. The quantitative estimate of drug-likeness (QED) is 0.298. The average Bonchev–Trinajstić information content (AvgIpc) is 2.74. The maximum absolute atomic E-state index is 9.08. The molecule has 10 heteroatoms. The molecule has 10 nitrogen and oxygen atoms in total. The smallest absolute Gasteiger partial charge is 0.225 e. The maximum atomic E-state index is 9.08. The minimum Gasteiger partial charge on any atom is -0.395 e. The lowest BCUT2D eigenvalue weighted by Crippen LogP contribution is -2.14. The van der Waals surface area contributed by atoms with Gasteiger partial charge in [0.2, 0.25) is 11.9 Å². The van der Waals surface area contributed by atoms with Crippen molar-refractivity contribution in [2.45, 2.75) is 6.54 Å². The number of nitrogens with zero attached hydrogens (tertiary/aromatic N) is 4. The van der Waals surface area contributed by atoms with Gasteiger partial charge in [-0.2, -0.15) is 9.97 Å². The Bertz CT molecular complexity index is 907. The van der Waals surface area contributed by atoms with E-state index >= 15 is 0 Å². The second kappa shape index (κ2) is 9.62. The minimum absolute atomic E-state index is 0.0318. The number of fused-ring (bicyclic) bond motifs is 1. The van der Waals surface area contributed by atoms with Gasteiger partial charge in [0.05, 0.1) is 13.2 Å². The van der Waals surface area contributed by atoms with Crippen LogP contribution in [0.3, 0.4) is 0 Å². The summed E-state index contributed by atoms with van der Waals surface area (Å²) in [5.74, 6) is 1.81. The summed E-state index contributed by atoms with van der Waals surface area (Å²) < 4.78 is 0. The van der Waals surface area contributed by atoms with Crippen LogP contribution >= 0.6 is 0 Å². The Hall–Kier alpha value is -3.24. The van der Waals surface area contributed by atoms with E-state index in [1.165, 1.54) is 0 Å². The lowest BCUT2D eigenvalue weighted by atomic mass is 10.2. The Morgan fingerprint density at radius 3 is 1.89 bits per heavy atom. The van der Waals surface area contributed by atoms with Gasteiger partial charge in [0.25, 0.3) is 0 Å². The lowest BCUT2D eigenvalue weighted by Gasteiger charge is -2.14. The van der Waals surface area contributed by atoms with Gasteiger partial charge >= 0.3 is 0 Å².